The molecule has 0 saturated carbocycles. The van der Waals surface area contributed by atoms with Gasteiger partial charge in [-0.2, -0.15) is 0 Å². The summed E-state index contributed by atoms with van der Waals surface area (Å²) in [5.74, 6) is 1.31. The second kappa shape index (κ2) is 11.3. The van der Waals surface area contributed by atoms with Crippen LogP contribution in [0.3, 0.4) is 0 Å². The molecule has 0 aromatic heterocycles. The smallest absolute Gasteiger partial charge is 0.213 e. The van der Waals surface area contributed by atoms with Crippen molar-refractivity contribution in [2.75, 3.05) is 26.0 Å². The zero-order valence-electron chi connectivity index (χ0n) is 16.3. The molecular weight excluding hydrogens is 376 g/mol. The van der Waals surface area contributed by atoms with Gasteiger partial charge >= 0.3 is 0 Å². The molecule has 2 aromatic carbocycles. The number of para-hydroxylation sites is 1. The molecule has 0 atom stereocenters. The van der Waals surface area contributed by atoms with Crippen molar-refractivity contribution in [3.05, 3.63) is 65.7 Å². The normalized spacial score (nSPS) is 11.9. The Morgan fingerprint density at radius 3 is 2.43 bits per heavy atom. The van der Waals surface area contributed by atoms with Crippen LogP contribution in [-0.4, -0.2) is 40.3 Å². The maximum atomic E-state index is 12.1. The number of nitrogens with zero attached hydrogens (tertiary/aromatic N) is 1. The number of nitrogens with one attached hydrogen (secondary N) is 3. The molecule has 0 heterocycles. The summed E-state index contributed by atoms with van der Waals surface area (Å²) in [6.45, 7) is 3.59. The average molecular weight is 405 g/mol. The molecule has 0 unspecified atom stereocenters. The third-order valence-electron chi connectivity index (χ3n) is 3.94. The van der Waals surface area contributed by atoms with Crippen LogP contribution < -0.4 is 20.1 Å². The van der Waals surface area contributed by atoms with Crippen LogP contribution in [0.25, 0.3) is 0 Å². The SMILES string of the molecule is CCOc1ccccc1CNC(=NC)NCCS(=O)(=O)NCc1ccccc1. The number of hydrogen-bond acceptors (Lipinski definition) is 4. The highest BCUT2D eigenvalue weighted by Crippen LogP contribution is 2.17. The summed E-state index contributed by atoms with van der Waals surface area (Å²) in [4.78, 5) is 4.13. The van der Waals surface area contributed by atoms with E-state index in [0.29, 0.717) is 19.1 Å². The Morgan fingerprint density at radius 2 is 1.71 bits per heavy atom. The van der Waals surface area contributed by atoms with Crippen LogP contribution in [0, 0.1) is 0 Å². The van der Waals surface area contributed by atoms with Crippen molar-refractivity contribution in [3.8, 4) is 5.75 Å². The van der Waals surface area contributed by atoms with E-state index in [4.69, 9.17) is 4.74 Å². The molecule has 2 rings (SSSR count). The Labute approximate surface area is 167 Å². The molecule has 0 amide bonds. The molecule has 28 heavy (non-hydrogen) atoms. The molecule has 3 N–H and O–H groups in total. The van der Waals surface area contributed by atoms with Gasteiger partial charge in [0.2, 0.25) is 10.0 Å². The first-order valence-corrected chi connectivity index (χ1v) is 10.9. The largest absolute Gasteiger partial charge is 0.494 e. The van der Waals surface area contributed by atoms with E-state index in [1.165, 1.54) is 0 Å². The molecule has 0 aliphatic carbocycles. The fraction of sp³-hybridized carbons (Fsp3) is 0.350. The van der Waals surface area contributed by atoms with E-state index in [2.05, 4.69) is 20.3 Å². The topological polar surface area (TPSA) is 91.8 Å². The lowest BCUT2D eigenvalue weighted by Gasteiger charge is -2.14. The van der Waals surface area contributed by atoms with Gasteiger partial charge in [0.1, 0.15) is 5.75 Å². The molecule has 0 aliphatic heterocycles. The van der Waals surface area contributed by atoms with E-state index in [0.717, 1.165) is 16.9 Å². The summed E-state index contributed by atoms with van der Waals surface area (Å²) in [6, 6.07) is 17.2. The van der Waals surface area contributed by atoms with Crippen LogP contribution in [0.5, 0.6) is 5.75 Å². The Balaban J connectivity index is 1.77. The first-order chi connectivity index (χ1) is 13.5. The van der Waals surface area contributed by atoms with Crippen LogP contribution >= 0.6 is 0 Å². The minimum Gasteiger partial charge on any atom is -0.494 e. The van der Waals surface area contributed by atoms with Gasteiger partial charge in [0.25, 0.3) is 0 Å². The van der Waals surface area contributed by atoms with E-state index in [1.54, 1.807) is 7.05 Å². The maximum Gasteiger partial charge on any atom is 0.213 e. The lowest BCUT2D eigenvalue weighted by atomic mass is 10.2. The minimum absolute atomic E-state index is 0.0456. The van der Waals surface area contributed by atoms with Gasteiger partial charge < -0.3 is 15.4 Å². The summed E-state index contributed by atoms with van der Waals surface area (Å²) < 4.78 is 32.5. The Kier molecular flexibility index (Phi) is 8.77. The second-order valence-electron chi connectivity index (χ2n) is 6.02. The van der Waals surface area contributed by atoms with E-state index in [1.807, 2.05) is 61.5 Å². The average Bonchev–Trinajstić information content (AvgIpc) is 2.71. The van der Waals surface area contributed by atoms with E-state index in [9.17, 15) is 8.42 Å². The summed E-state index contributed by atoms with van der Waals surface area (Å²) in [5.41, 5.74) is 1.92. The van der Waals surface area contributed by atoms with Crippen molar-refractivity contribution in [1.82, 2.24) is 15.4 Å². The summed E-state index contributed by atoms with van der Waals surface area (Å²) in [5, 5.41) is 6.20. The van der Waals surface area contributed by atoms with Crippen LogP contribution in [0.4, 0.5) is 0 Å². The summed E-state index contributed by atoms with van der Waals surface area (Å²) in [7, 11) is -1.74. The number of guanidine groups is 1. The molecule has 0 fully saturated rings. The van der Waals surface area contributed by atoms with Gasteiger partial charge in [-0.15, -0.1) is 0 Å². The van der Waals surface area contributed by atoms with E-state index < -0.39 is 10.0 Å². The second-order valence-corrected chi connectivity index (χ2v) is 7.95. The van der Waals surface area contributed by atoms with E-state index >= 15 is 0 Å². The highest BCUT2D eigenvalue weighted by atomic mass is 32.2. The van der Waals surface area contributed by atoms with Gasteiger partial charge in [0, 0.05) is 32.2 Å². The number of benzene rings is 2. The molecule has 0 radical (unpaired) electrons. The number of rotatable bonds is 10. The number of sulfonamides is 1. The number of aliphatic imine (C=N–C) groups is 1. The summed E-state index contributed by atoms with van der Waals surface area (Å²) in [6.07, 6.45) is 0. The fourth-order valence-electron chi connectivity index (χ4n) is 2.51. The molecule has 8 heteroatoms. The van der Waals surface area contributed by atoms with Crippen LogP contribution in [0.15, 0.2) is 59.6 Å². The van der Waals surface area contributed by atoms with Gasteiger partial charge in [-0.1, -0.05) is 48.5 Å². The van der Waals surface area contributed by atoms with Crippen LogP contribution in [-0.2, 0) is 23.1 Å². The first-order valence-electron chi connectivity index (χ1n) is 9.20. The molecule has 0 saturated heterocycles. The monoisotopic (exact) mass is 404 g/mol. The van der Waals surface area contributed by atoms with Crippen molar-refractivity contribution in [2.45, 2.75) is 20.0 Å². The van der Waals surface area contributed by atoms with Gasteiger partial charge in [-0.3, -0.25) is 4.99 Å². The predicted octanol–water partition coefficient (Wildman–Crippen LogP) is 1.87. The van der Waals surface area contributed by atoms with Gasteiger partial charge in [0.05, 0.1) is 12.4 Å². The van der Waals surface area contributed by atoms with Gasteiger partial charge in [0.15, 0.2) is 5.96 Å². The molecular formula is C20H28N4O3S. The fourth-order valence-corrected chi connectivity index (χ4v) is 3.41. The van der Waals surface area contributed by atoms with Crippen molar-refractivity contribution >= 4 is 16.0 Å². The standard InChI is InChI=1S/C20H28N4O3S/c1-3-27-19-12-8-7-11-18(19)16-23-20(21-2)22-13-14-28(25,26)24-15-17-9-5-4-6-10-17/h4-12,24H,3,13-16H2,1-2H3,(H2,21,22,23). The quantitative estimate of drug-likeness (QED) is 0.415. The van der Waals surface area contributed by atoms with Crippen molar-refractivity contribution in [1.29, 1.82) is 0 Å². The number of hydrogen-bond donors (Lipinski definition) is 3. The molecule has 2 aromatic rings. The molecule has 0 bridgehead atoms. The van der Waals surface area contributed by atoms with Crippen molar-refractivity contribution in [2.24, 2.45) is 4.99 Å². The molecule has 0 aliphatic rings. The Hall–Kier alpha value is -2.58. The van der Waals surface area contributed by atoms with Gasteiger partial charge in [-0.25, -0.2) is 13.1 Å². The predicted molar refractivity (Wildman–Crippen MR) is 113 cm³/mol. The molecule has 152 valence electrons. The molecule has 0 spiro atoms. The highest BCUT2D eigenvalue weighted by Gasteiger charge is 2.10. The highest BCUT2D eigenvalue weighted by molar-refractivity contribution is 7.89. The van der Waals surface area contributed by atoms with Crippen LogP contribution in [0.1, 0.15) is 18.1 Å². The van der Waals surface area contributed by atoms with Crippen molar-refractivity contribution in [3.63, 3.8) is 0 Å². The molecule has 7 nitrogen and oxygen atoms in total. The minimum atomic E-state index is -3.38. The Bertz CT molecular complexity index is 855. The maximum absolute atomic E-state index is 12.1. The van der Waals surface area contributed by atoms with E-state index in [-0.39, 0.29) is 18.8 Å². The third kappa shape index (κ3) is 7.58. The lowest BCUT2D eigenvalue weighted by Crippen LogP contribution is -2.40. The number of ether oxygens (including phenoxy) is 1. The lowest BCUT2D eigenvalue weighted by molar-refractivity contribution is 0.336. The first kappa shape index (κ1) is 21.7. The van der Waals surface area contributed by atoms with Gasteiger partial charge in [-0.05, 0) is 18.6 Å². The third-order valence-corrected chi connectivity index (χ3v) is 5.27. The van der Waals surface area contributed by atoms with Crippen molar-refractivity contribution < 1.29 is 13.2 Å². The van der Waals surface area contributed by atoms with Crippen LogP contribution in [0.2, 0.25) is 0 Å². The zero-order valence-corrected chi connectivity index (χ0v) is 17.1. The summed E-state index contributed by atoms with van der Waals surface area (Å²) >= 11 is 0. The zero-order chi connectivity index (χ0) is 20.2. The Morgan fingerprint density at radius 1 is 1.00 bits per heavy atom.